The zero-order valence-electron chi connectivity index (χ0n) is 12.6. The molecule has 0 radical (unpaired) electrons. The van der Waals surface area contributed by atoms with E-state index in [1.165, 1.54) is 7.05 Å². The Morgan fingerprint density at radius 1 is 1.20 bits per heavy atom. The molecule has 0 saturated heterocycles. The minimum atomic E-state index is -1.15. The lowest BCUT2D eigenvalue weighted by atomic mass is 10.0. The Morgan fingerprint density at radius 3 is 2.15 bits per heavy atom. The third-order valence-electron chi connectivity index (χ3n) is 2.57. The Morgan fingerprint density at radius 2 is 1.75 bits per heavy atom. The van der Waals surface area contributed by atoms with E-state index in [1.54, 1.807) is 27.7 Å². The summed E-state index contributed by atoms with van der Waals surface area (Å²) in [6.07, 6.45) is -0.271. The molecule has 0 heterocycles. The quantitative estimate of drug-likeness (QED) is 0.679. The SMILES string of the molecule is CNC(=O)C(C)CC[C@H](NC(=O)OC(C)(C)C)C(=O)O. The van der Waals surface area contributed by atoms with Gasteiger partial charge in [-0.3, -0.25) is 4.79 Å². The molecule has 2 atom stereocenters. The molecular formula is C13H24N2O5. The third-order valence-corrected chi connectivity index (χ3v) is 2.57. The highest BCUT2D eigenvalue weighted by Gasteiger charge is 2.25. The maximum absolute atomic E-state index is 11.5. The van der Waals surface area contributed by atoms with Gasteiger partial charge in [0.25, 0.3) is 0 Å². The van der Waals surface area contributed by atoms with Gasteiger partial charge in [-0.25, -0.2) is 9.59 Å². The van der Waals surface area contributed by atoms with Crippen molar-refractivity contribution in [2.75, 3.05) is 7.05 Å². The molecular weight excluding hydrogens is 264 g/mol. The van der Waals surface area contributed by atoms with Crippen LogP contribution in [0.3, 0.4) is 0 Å². The first-order valence-electron chi connectivity index (χ1n) is 6.50. The molecule has 0 aliphatic rings. The van der Waals surface area contributed by atoms with E-state index in [-0.39, 0.29) is 18.2 Å². The van der Waals surface area contributed by atoms with Gasteiger partial charge in [0.05, 0.1) is 0 Å². The van der Waals surface area contributed by atoms with E-state index in [2.05, 4.69) is 10.6 Å². The summed E-state index contributed by atoms with van der Waals surface area (Å²) in [6.45, 7) is 6.77. The predicted molar refractivity (Wildman–Crippen MR) is 73.3 cm³/mol. The molecule has 116 valence electrons. The van der Waals surface area contributed by atoms with Crippen molar-refractivity contribution < 1.29 is 24.2 Å². The number of ether oxygens (including phenoxy) is 1. The molecule has 0 aliphatic carbocycles. The van der Waals surface area contributed by atoms with Crippen LogP contribution < -0.4 is 10.6 Å². The summed E-state index contributed by atoms with van der Waals surface area (Å²) >= 11 is 0. The van der Waals surface area contributed by atoms with Gasteiger partial charge in [0.2, 0.25) is 5.91 Å². The average Bonchev–Trinajstić information content (AvgIpc) is 2.30. The molecule has 0 fully saturated rings. The number of rotatable bonds is 6. The summed E-state index contributed by atoms with van der Waals surface area (Å²) in [5.41, 5.74) is -0.692. The largest absolute Gasteiger partial charge is 0.480 e. The number of carbonyl (C=O) groups excluding carboxylic acids is 2. The fraction of sp³-hybridized carbons (Fsp3) is 0.769. The van der Waals surface area contributed by atoms with Crippen LogP contribution in [0.25, 0.3) is 0 Å². The highest BCUT2D eigenvalue weighted by Crippen LogP contribution is 2.11. The van der Waals surface area contributed by atoms with Gasteiger partial charge in [0.1, 0.15) is 11.6 Å². The number of hydrogen-bond acceptors (Lipinski definition) is 4. The summed E-state index contributed by atoms with van der Waals surface area (Å²) in [5, 5.41) is 13.8. The van der Waals surface area contributed by atoms with Gasteiger partial charge >= 0.3 is 12.1 Å². The third kappa shape index (κ3) is 7.60. The van der Waals surface area contributed by atoms with Gasteiger partial charge in [-0.15, -0.1) is 0 Å². The van der Waals surface area contributed by atoms with Crippen LogP contribution in [0.2, 0.25) is 0 Å². The van der Waals surface area contributed by atoms with Crippen molar-refractivity contribution in [1.82, 2.24) is 10.6 Å². The Labute approximate surface area is 119 Å². The Kier molecular flexibility index (Phi) is 7.02. The molecule has 0 aromatic rings. The zero-order chi connectivity index (χ0) is 15.9. The highest BCUT2D eigenvalue weighted by molar-refractivity contribution is 5.80. The Balaban J connectivity index is 4.42. The van der Waals surface area contributed by atoms with Crippen LogP contribution in [0.15, 0.2) is 0 Å². The minimum absolute atomic E-state index is 0.156. The number of carboxylic acid groups (broad SMARTS) is 1. The summed E-state index contributed by atoms with van der Waals surface area (Å²) < 4.78 is 5.00. The average molecular weight is 288 g/mol. The molecule has 2 amide bonds. The number of aliphatic carboxylic acids is 1. The fourth-order valence-electron chi connectivity index (χ4n) is 1.50. The normalized spacial score (nSPS) is 14.1. The molecule has 0 aromatic heterocycles. The molecule has 0 bridgehead atoms. The van der Waals surface area contributed by atoms with Crippen LogP contribution in [0.5, 0.6) is 0 Å². The first-order valence-corrected chi connectivity index (χ1v) is 6.50. The number of carbonyl (C=O) groups is 3. The van der Waals surface area contributed by atoms with Crippen LogP contribution in [0.4, 0.5) is 4.79 Å². The van der Waals surface area contributed by atoms with Crippen molar-refractivity contribution in [3.8, 4) is 0 Å². The number of hydrogen-bond donors (Lipinski definition) is 3. The summed E-state index contributed by atoms with van der Waals surface area (Å²) in [6, 6.07) is -1.07. The van der Waals surface area contributed by atoms with Crippen molar-refractivity contribution in [3.63, 3.8) is 0 Å². The van der Waals surface area contributed by atoms with E-state index >= 15 is 0 Å². The molecule has 0 saturated carbocycles. The van der Waals surface area contributed by atoms with Gasteiger partial charge < -0.3 is 20.5 Å². The lowest BCUT2D eigenvalue weighted by Gasteiger charge is -2.22. The summed E-state index contributed by atoms with van der Waals surface area (Å²) in [4.78, 5) is 33.9. The topological polar surface area (TPSA) is 105 Å². The van der Waals surface area contributed by atoms with Crippen LogP contribution in [-0.4, -0.2) is 41.8 Å². The van der Waals surface area contributed by atoms with Gasteiger partial charge in [0, 0.05) is 13.0 Å². The number of amides is 2. The maximum Gasteiger partial charge on any atom is 0.408 e. The highest BCUT2D eigenvalue weighted by atomic mass is 16.6. The van der Waals surface area contributed by atoms with Crippen molar-refractivity contribution in [2.45, 2.75) is 52.2 Å². The second-order valence-electron chi connectivity index (χ2n) is 5.63. The van der Waals surface area contributed by atoms with Crippen LogP contribution in [0.1, 0.15) is 40.5 Å². The van der Waals surface area contributed by atoms with Crippen LogP contribution >= 0.6 is 0 Å². The molecule has 7 nitrogen and oxygen atoms in total. The monoisotopic (exact) mass is 288 g/mol. The molecule has 1 unspecified atom stereocenters. The first kappa shape index (κ1) is 18.2. The number of nitrogens with one attached hydrogen (secondary N) is 2. The van der Waals surface area contributed by atoms with Crippen LogP contribution in [-0.2, 0) is 14.3 Å². The molecule has 0 rings (SSSR count). The smallest absolute Gasteiger partial charge is 0.408 e. The summed E-state index contributed by atoms with van der Waals surface area (Å²) in [5.74, 6) is -1.63. The Bertz CT molecular complexity index is 362. The maximum atomic E-state index is 11.5. The lowest BCUT2D eigenvalue weighted by molar-refractivity contribution is -0.140. The summed E-state index contributed by atoms with van der Waals surface area (Å²) in [7, 11) is 1.52. The van der Waals surface area contributed by atoms with Gasteiger partial charge in [-0.2, -0.15) is 0 Å². The number of carboxylic acids is 1. The van der Waals surface area contributed by atoms with E-state index in [4.69, 9.17) is 9.84 Å². The van der Waals surface area contributed by atoms with Crippen molar-refractivity contribution in [1.29, 1.82) is 0 Å². The molecule has 20 heavy (non-hydrogen) atoms. The predicted octanol–water partition coefficient (Wildman–Crippen LogP) is 1.13. The van der Waals surface area contributed by atoms with Gasteiger partial charge in [0.15, 0.2) is 0 Å². The van der Waals surface area contributed by atoms with Crippen molar-refractivity contribution in [2.24, 2.45) is 5.92 Å². The van der Waals surface area contributed by atoms with Gasteiger partial charge in [-0.1, -0.05) is 6.92 Å². The van der Waals surface area contributed by atoms with Crippen LogP contribution in [0, 0.1) is 5.92 Å². The second kappa shape index (κ2) is 7.72. The fourth-order valence-corrected chi connectivity index (χ4v) is 1.50. The van der Waals surface area contributed by atoms with E-state index < -0.39 is 23.7 Å². The lowest BCUT2D eigenvalue weighted by Crippen LogP contribution is -2.43. The molecule has 0 aromatic carbocycles. The molecule has 7 heteroatoms. The van der Waals surface area contributed by atoms with E-state index in [0.717, 1.165) is 0 Å². The Hall–Kier alpha value is -1.79. The van der Waals surface area contributed by atoms with Crippen molar-refractivity contribution in [3.05, 3.63) is 0 Å². The van der Waals surface area contributed by atoms with E-state index in [9.17, 15) is 14.4 Å². The molecule has 0 aliphatic heterocycles. The number of alkyl carbamates (subject to hydrolysis) is 1. The molecule has 0 spiro atoms. The molecule has 3 N–H and O–H groups in total. The van der Waals surface area contributed by atoms with Gasteiger partial charge in [-0.05, 0) is 33.6 Å². The van der Waals surface area contributed by atoms with Crippen molar-refractivity contribution >= 4 is 18.0 Å². The van der Waals surface area contributed by atoms with E-state index in [1.807, 2.05) is 0 Å². The standard InChI is InChI=1S/C13H24N2O5/c1-8(10(16)14-5)6-7-9(11(17)18)15-12(19)20-13(2,3)4/h8-9H,6-7H2,1-5H3,(H,14,16)(H,15,19)(H,17,18)/t8?,9-/m0/s1. The second-order valence-corrected chi connectivity index (χ2v) is 5.63. The zero-order valence-corrected chi connectivity index (χ0v) is 12.6. The first-order chi connectivity index (χ1) is 9.06. The minimum Gasteiger partial charge on any atom is -0.480 e. The van der Waals surface area contributed by atoms with E-state index in [0.29, 0.717) is 6.42 Å².